The van der Waals surface area contributed by atoms with E-state index in [2.05, 4.69) is 15.7 Å². The molecule has 1 fully saturated rings. The molecule has 26 heavy (non-hydrogen) atoms. The molecule has 0 saturated heterocycles. The molecule has 1 aromatic heterocycles. The summed E-state index contributed by atoms with van der Waals surface area (Å²) in [4.78, 5) is 23.9. The highest BCUT2D eigenvalue weighted by atomic mass is 16.5. The Morgan fingerprint density at radius 1 is 1.42 bits per heavy atom. The second-order valence-corrected chi connectivity index (χ2v) is 7.00. The van der Waals surface area contributed by atoms with Gasteiger partial charge in [-0.15, -0.1) is 0 Å². The lowest BCUT2D eigenvalue weighted by molar-refractivity contribution is -0.121. The number of rotatable bonds is 5. The molecule has 2 aromatic rings. The topological polar surface area (TPSA) is 85.2 Å². The van der Waals surface area contributed by atoms with Gasteiger partial charge in [0.25, 0.3) is 0 Å². The van der Waals surface area contributed by atoms with Crippen LogP contribution in [0.3, 0.4) is 0 Å². The fourth-order valence-corrected chi connectivity index (χ4v) is 3.68. The van der Waals surface area contributed by atoms with Crippen molar-refractivity contribution in [2.45, 2.75) is 44.2 Å². The number of carbonyl (C=O) groups excluding carboxylic acids is 2. The molecule has 1 aromatic carbocycles. The van der Waals surface area contributed by atoms with Gasteiger partial charge in [0.15, 0.2) is 5.75 Å². The van der Waals surface area contributed by atoms with Gasteiger partial charge in [0.2, 0.25) is 11.8 Å². The van der Waals surface area contributed by atoms with Gasteiger partial charge in [-0.05, 0) is 36.5 Å². The number of amides is 2. The Bertz CT molecular complexity index is 845. The summed E-state index contributed by atoms with van der Waals surface area (Å²) >= 11 is 0. The molecule has 1 aliphatic heterocycles. The molecule has 0 bridgehead atoms. The van der Waals surface area contributed by atoms with Crippen LogP contribution < -0.4 is 15.4 Å². The Morgan fingerprint density at radius 3 is 3.12 bits per heavy atom. The van der Waals surface area contributed by atoms with Gasteiger partial charge in [-0.1, -0.05) is 12.1 Å². The summed E-state index contributed by atoms with van der Waals surface area (Å²) in [5.41, 5.74) is 2.70. The van der Waals surface area contributed by atoms with Crippen molar-refractivity contribution in [3.8, 4) is 5.75 Å². The minimum Gasteiger partial charge on any atom is -0.485 e. The molecule has 2 amide bonds. The molecule has 4 rings (SSSR count). The van der Waals surface area contributed by atoms with Crippen molar-refractivity contribution >= 4 is 17.5 Å². The van der Waals surface area contributed by atoms with Crippen molar-refractivity contribution in [2.75, 3.05) is 5.32 Å². The third-order valence-electron chi connectivity index (χ3n) is 4.93. The first-order valence-corrected chi connectivity index (χ1v) is 8.93. The van der Waals surface area contributed by atoms with Gasteiger partial charge in [0, 0.05) is 12.7 Å². The van der Waals surface area contributed by atoms with Crippen LogP contribution in [0, 0.1) is 0 Å². The Hall–Kier alpha value is -2.83. The molecule has 7 heteroatoms. The fourth-order valence-electron chi connectivity index (χ4n) is 3.68. The zero-order valence-electron chi connectivity index (χ0n) is 14.7. The van der Waals surface area contributed by atoms with E-state index in [1.165, 1.54) is 0 Å². The molecule has 1 saturated carbocycles. The number of hydrogen-bond acceptors (Lipinski definition) is 4. The highest BCUT2D eigenvalue weighted by Crippen LogP contribution is 2.26. The number of carbonyl (C=O) groups is 2. The Morgan fingerprint density at radius 2 is 2.31 bits per heavy atom. The van der Waals surface area contributed by atoms with E-state index < -0.39 is 0 Å². The van der Waals surface area contributed by atoms with Crippen molar-refractivity contribution in [3.63, 3.8) is 0 Å². The Kier molecular flexibility index (Phi) is 4.36. The SMILES string of the molecule is Cn1cc(O[C@@H]2CCC[C@@H]2NC(=O)Cc2ccc3c(c2)NC(=O)C3)cn1. The van der Waals surface area contributed by atoms with E-state index in [-0.39, 0.29) is 24.0 Å². The molecule has 0 unspecified atom stereocenters. The average Bonchev–Trinajstić information content (AvgIpc) is 3.28. The van der Waals surface area contributed by atoms with E-state index in [0.29, 0.717) is 12.8 Å². The first-order valence-electron chi connectivity index (χ1n) is 8.93. The van der Waals surface area contributed by atoms with Crippen LogP contribution in [-0.4, -0.2) is 33.7 Å². The van der Waals surface area contributed by atoms with Crippen LogP contribution in [-0.2, 0) is 29.5 Å². The monoisotopic (exact) mass is 354 g/mol. The number of ether oxygens (including phenoxy) is 1. The van der Waals surface area contributed by atoms with E-state index in [0.717, 1.165) is 41.8 Å². The van der Waals surface area contributed by atoms with Gasteiger partial charge in [-0.2, -0.15) is 5.10 Å². The fraction of sp³-hybridized carbons (Fsp3) is 0.421. The Balaban J connectivity index is 1.35. The van der Waals surface area contributed by atoms with E-state index in [1.54, 1.807) is 10.9 Å². The van der Waals surface area contributed by atoms with Crippen molar-refractivity contribution in [2.24, 2.45) is 7.05 Å². The summed E-state index contributed by atoms with van der Waals surface area (Å²) < 4.78 is 7.69. The van der Waals surface area contributed by atoms with Crippen LogP contribution in [0.1, 0.15) is 30.4 Å². The van der Waals surface area contributed by atoms with Crippen LogP contribution >= 0.6 is 0 Å². The average molecular weight is 354 g/mol. The minimum absolute atomic E-state index is 0.00273. The summed E-state index contributed by atoms with van der Waals surface area (Å²) in [5.74, 6) is 0.705. The van der Waals surface area contributed by atoms with E-state index in [1.807, 2.05) is 31.4 Å². The van der Waals surface area contributed by atoms with Gasteiger partial charge >= 0.3 is 0 Å². The molecule has 0 spiro atoms. The van der Waals surface area contributed by atoms with Crippen molar-refractivity contribution < 1.29 is 14.3 Å². The minimum atomic E-state index is -0.0269. The molecular weight excluding hydrogens is 332 g/mol. The van der Waals surface area contributed by atoms with Gasteiger partial charge < -0.3 is 15.4 Å². The molecule has 2 aliphatic rings. The van der Waals surface area contributed by atoms with E-state index >= 15 is 0 Å². The molecule has 2 heterocycles. The maximum absolute atomic E-state index is 12.5. The van der Waals surface area contributed by atoms with Crippen molar-refractivity contribution in [1.82, 2.24) is 15.1 Å². The quantitative estimate of drug-likeness (QED) is 0.854. The normalized spacial score (nSPS) is 21.3. The van der Waals surface area contributed by atoms with Gasteiger partial charge in [-0.3, -0.25) is 14.3 Å². The number of anilines is 1. The molecular formula is C19H22N4O3. The summed E-state index contributed by atoms with van der Waals surface area (Å²) in [5, 5.41) is 10.0. The third kappa shape index (κ3) is 3.56. The molecule has 136 valence electrons. The van der Waals surface area contributed by atoms with Crippen LogP contribution in [0.5, 0.6) is 5.75 Å². The largest absolute Gasteiger partial charge is 0.485 e. The van der Waals surface area contributed by atoms with Gasteiger partial charge in [0.05, 0.1) is 31.3 Å². The number of nitrogens with zero attached hydrogens (tertiary/aromatic N) is 2. The summed E-state index contributed by atoms with van der Waals surface area (Å²) in [7, 11) is 1.85. The maximum Gasteiger partial charge on any atom is 0.228 e. The van der Waals surface area contributed by atoms with E-state index in [9.17, 15) is 9.59 Å². The first kappa shape index (κ1) is 16.6. The molecule has 2 N–H and O–H groups in total. The van der Waals surface area contributed by atoms with E-state index in [4.69, 9.17) is 4.74 Å². The number of aromatic nitrogens is 2. The second-order valence-electron chi connectivity index (χ2n) is 7.00. The van der Waals surface area contributed by atoms with Gasteiger partial charge in [0.1, 0.15) is 6.10 Å². The summed E-state index contributed by atoms with van der Waals surface area (Å²) in [6, 6.07) is 5.73. The highest BCUT2D eigenvalue weighted by molar-refractivity contribution is 5.99. The zero-order chi connectivity index (χ0) is 18.1. The molecule has 1 aliphatic carbocycles. The van der Waals surface area contributed by atoms with Gasteiger partial charge in [-0.25, -0.2) is 0 Å². The lowest BCUT2D eigenvalue weighted by atomic mass is 10.1. The third-order valence-corrected chi connectivity index (χ3v) is 4.93. The number of aryl methyl sites for hydroxylation is 1. The molecule has 7 nitrogen and oxygen atoms in total. The standard InChI is InChI=1S/C19H22N4O3/c1-23-11-14(10-20-23)26-17-4-2-3-15(17)21-18(24)8-12-5-6-13-9-19(25)22-16(13)7-12/h5-7,10-11,15,17H,2-4,8-9H2,1H3,(H,21,24)(H,22,25)/t15-,17+/m0/s1. The second kappa shape index (κ2) is 6.82. The number of fused-ring (bicyclic) bond motifs is 1. The number of benzene rings is 1. The summed E-state index contributed by atoms with van der Waals surface area (Å²) in [6.45, 7) is 0. The van der Waals surface area contributed by atoms with Crippen molar-refractivity contribution in [3.05, 3.63) is 41.7 Å². The molecule has 0 radical (unpaired) electrons. The highest BCUT2D eigenvalue weighted by Gasteiger charge is 2.30. The first-order chi connectivity index (χ1) is 12.6. The maximum atomic E-state index is 12.5. The lowest BCUT2D eigenvalue weighted by Crippen LogP contribution is -2.43. The zero-order valence-corrected chi connectivity index (χ0v) is 14.7. The lowest BCUT2D eigenvalue weighted by Gasteiger charge is -2.21. The van der Waals surface area contributed by atoms with Crippen LogP contribution in [0.4, 0.5) is 5.69 Å². The molecule has 2 atom stereocenters. The summed E-state index contributed by atoms with van der Waals surface area (Å²) in [6.07, 6.45) is 7.06. The predicted octanol–water partition coefficient (Wildman–Crippen LogP) is 1.57. The van der Waals surface area contributed by atoms with Crippen LogP contribution in [0.25, 0.3) is 0 Å². The van der Waals surface area contributed by atoms with Crippen LogP contribution in [0.15, 0.2) is 30.6 Å². The Labute approximate surface area is 151 Å². The van der Waals surface area contributed by atoms with Crippen LogP contribution in [0.2, 0.25) is 0 Å². The predicted molar refractivity (Wildman–Crippen MR) is 95.9 cm³/mol. The number of nitrogens with one attached hydrogen (secondary N) is 2. The number of hydrogen-bond donors (Lipinski definition) is 2. The van der Waals surface area contributed by atoms with Crippen molar-refractivity contribution in [1.29, 1.82) is 0 Å². The smallest absolute Gasteiger partial charge is 0.228 e.